The van der Waals surface area contributed by atoms with E-state index in [1.165, 1.54) is 12.0 Å². The molecule has 0 radical (unpaired) electrons. The van der Waals surface area contributed by atoms with Gasteiger partial charge in [0.05, 0.1) is 19.8 Å². The van der Waals surface area contributed by atoms with E-state index in [2.05, 4.69) is 37.8 Å². The van der Waals surface area contributed by atoms with Crippen LogP contribution in [0.5, 0.6) is 0 Å². The van der Waals surface area contributed by atoms with E-state index in [1.807, 2.05) is 6.08 Å². The summed E-state index contributed by atoms with van der Waals surface area (Å²) in [6.07, 6.45) is 5.12. The molecule has 0 aliphatic heterocycles. The molecule has 0 aliphatic rings. The molecule has 1 aromatic rings. The van der Waals surface area contributed by atoms with Gasteiger partial charge in [-0.3, -0.25) is 0 Å². The molecule has 0 heterocycles. The van der Waals surface area contributed by atoms with E-state index in [4.69, 9.17) is 9.47 Å². The highest BCUT2D eigenvalue weighted by molar-refractivity contribution is 5.47. The van der Waals surface area contributed by atoms with Crippen molar-refractivity contribution in [3.8, 4) is 0 Å². The first kappa shape index (κ1) is 14.9. The van der Waals surface area contributed by atoms with Gasteiger partial charge in [-0.15, -0.1) is 0 Å². The van der Waals surface area contributed by atoms with Crippen LogP contribution in [-0.4, -0.2) is 26.4 Å². The fourth-order valence-corrected chi connectivity index (χ4v) is 1.58. The Morgan fingerprint density at radius 1 is 1.00 bits per heavy atom. The van der Waals surface area contributed by atoms with Gasteiger partial charge < -0.3 is 9.47 Å². The van der Waals surface area contributed by atoms with Gasteiger partial charge in [-0.2, -0.15) is 0 Å². The van der Waals surface area contributed by atoms with Gasteiger partial charge >= 0.3 is 0 Å². The minimum absolute atomic E-state index is 0.689. The van der Waals surface area contributed by atoms with Gasteiger partial charge in [0.2, 0.25) is 0 Å². The highest BCUT2D eigenvalue weighted by Gasteiger charge is 1.94. The smallest absolute Gasteiger partial charge is 0.0700 e. The third-order valence-corrected chi connectivity index (χ3v) is 2.76. The van der Waals surface area contributed by atoms with Crippen LogP contribution in [0.2, 0.25) is 0 Å². The number of ether oxygens (including phenoxy) is 2. The average Bonchev–Trinajstić information content (AvgIpc) is 2.42. The predicted octanol–water partition coefficient (Wildman–Crippen LogP) is 3.71. The fourth-order valence-electron chi connectivity index (χ4n) is 1.58. The van der Waals surface area contributed by atoms with Crippen molar-refractivity contribution in [1.29, 1.82) is 0 Å². The molecule has 0 aliphatic carbocycles. The zero-order valence-electron chi connectivity index (χ0n) is 11.4. The van der Waals surface area contributed by atoms with Crippen LogP contribution in [0.1, 0.15) is 30.9 Å². The van der Waals surface area contributed by atoms with E-state index in [-0.39, 0.29) is 0 Å². The summed E-state index contributed by atoms with van der Waals surface area (Å²) in [5, 5.41) is 0. The molecule has 1 rings (SSSR count). The Kier molecular flexibility index (Phi) is 8.19. The number of rotatable bonds is 10. The van der Waals surface area contributed by atoms with Gasteiger partial charge in [0.1, 0.15) is 0 Å². The second-order valence-electron chi connectivity index (χ2n) is 4.27. The first-order chi connectivity index (χ1) is 8.86. The van der Waals surface area contributed by atoms with E-state index in [1.54, 1.807) is 0 Å². The Bertz CT molecular complexity index is 316. The molecule has 0 unspecified atom stereocenters. The van der Waals surface area contributed by atoms with E-state index in [9.17, 15) is 0 Å². The molecule has 0 bridgehead atoms. The lowest BCUT2D eigenvalue weighted by Gasteiger charge is -2.06. The van der Waals surface area contributed by atoms with Crippen LogP contribution >= 0.6 is 0 Å². The third kappa shape index (κ3) is 6.58. The van der Waals surface area contributed by atoms with Crippen LogP contribution in [0.3, 0.4) is 0 Å². The summed E-state index contributed by atoms with van der Waals surface area (Å²) in [5.41, 5.74) is 2.46. The maximum Gasteiger partial charge on any atom is 0.0700 e. The summed E-state index contributed by atoms with van der Waals surface area (Å²) in [4.78, 5) is 0. The van der Waals surface area contributed by atoms with Gasteiger partial charge in [0.15, 0.2) is 0 Å². The number of hydrogen-bond donors (Lipinski definition) is 0. The van der Waals surface area contributed by atoms with Gasteiger partial charge in [-0.1, -0.05) is 50.3 Å². The van der Waals surface area contributed by atoms with Crippen LogP contribution in [0.25, 0.3) is 6.08 Å². The Morgan fingerprint density at radius 3 is 2.28 bits per heavy atom. The van der Waals surface area contributed by atoms with E-state index in [0.29, 0.717) is 13.2 Å². The zero-order chi connectivity index (χ0) is 13.1. The Balaban J connectivity index is 2.01. The van der Waals surface area contributed by atoms with E-state index >= 15 is 0 Å². The highest BCUT2D eigenvalue weighted by Crippen LogP contribution is 2.06. The quantitative estimate of drug-likeness (QED) is 0.588. The number of benzene rings is 1. The molecule has 0 amide bonds. The fraction of sp³-hybridized carbons (Fsp3) is 0.500. The van der Waals surface area contributed by atoms with Crippen molar-refractivity contribution in [1.82, 2.24) is 0 Å². The summed E-state index contributed by atoms with van der Waals surface area (Å²) in [7, 11) is 0. The summed E-state index contributed by atoms with van der Waals surface area (Å²) in [5.74, 6) is 0. The number of hydrogen-bond acceptors (Lipinski definition) is 2. The molecule has 2 nitrogen and oxygen atoms in total. The molecule has 0 atom stereocenters. The van der Waals surface area contributed by atoms with Crippen molar-refractivity contribution in [2.45, 2.75) is 26.2 Å². The zero-order valence-corrected chi connectivity index (χ0v) is 11.4. The minimum atomic E-state index is 0.689. The molecule has 2 heteroatoms. The Hall–Kier alpha value is -1.12. The third-order valence-electron chi connectivity index (χ3n) is 2.76. The van der Waals surface area contributed by atoms with Crippen molar-refractivity contribution in [3.63, 3.8) is 0 Å². The van der Waals surface area contributed by atoms with E-state index < -0.39 is 0 Å². The van der Waals surface area contributed by atoms with Crippen molar-refractivity contribution in [3.05, 3.63) is 42.0 Å². The van der Waals surface area contributed by atoms with Crippen LogP contribution in [-0.2, 0) is 15.9 Å². The minimum Gasteiger partial charge on any atom is -0.379 e. The highest BCUT2D eigenvalue weighted by atomic mass is 16.5. The molecule has 0 N–H and O–H groups in total. The Morgan fingerprint density at radius 2 is 1.67 bits per heavy atom. The summed E-state index contributed by atoms with van der Waals surface area (Å²) in [6, 6.07) is 8.41. The topological polar surface area (TPSA) is 18.5 Å². The SMILES string of the molecule is C=Cc1ccc(CCOCCOCCCC)cc1. The van der Waals surface area contributed by atoms with Crippen molar-refractivity contribution in [2.75, 3.05) is 26.4 Å². The lowest BCUT2D eigenvalue weighted by Crippen LogP contribution is -2.07. The molecular weight excluding hydrogens is 224 g/mol. The largest absolute Gasteiger partial charge is 0.379 e. The normalized spacial score (nSPS) is 10.5. The maximum absolute atomic E-state index is 5.53. The van der Waals surface area contributed by atoms with Crippen molar-refractivity contribution >= 4 is 6.08 Å². The standard InChI is InChI=1S/C16H24O2/c1-3-5-11-17-13-14-18-12-10-16-8-6-15(4-2)7-9-16/h4,6-9H,2-3,5,10-14H2,1H3. The van der Waals surface area contributed by atoms with Gasteiger partial charge in [0, 0.05) is 6.61 Å². The molecule has 0 aromatic heterocycles. The second-order valence-corrected chi connectivity index (χ2v) is 4.27. The average molecular weight is 248 g/mol. The molecule has 0 spiro atoms. The summed E-state index contributed by atoms with van der Waals surface area (Å²) >= 11 is 0. The van der Waals surface area contributed by atoms with Gasteiger partial charge in [-0.05, 0) is 24.0 Å². The molecule has 0 saturated carbocycles. The van der Waals surface area contributed by atoms with E-state index in [0.717, 1.165) is 31.6 Å². The van der Waals surface area contributed by atoms with Crippen LogP contribution in [0, 0.1) is 0 Å². The maximum atomic E-state index is 5.53. The van der Waals surface area contributed by atoms with Crippen LogP contribution < -0.4 is 0 Å². The lowest BCUT2D eigenvalue weighted by atomic mass is 10.1. The first-order valence-corrected chi connectivity index (χ1v) is 6.73. The lowest BCUT2D eigenvalue weighted by molar-refractivity contribution is 0.0479. The van der Waals surface area contributed by atoms with Crippen LogP contribution in [0.4, 0.5) is 0 Å². The van der Waals surface area contributed by atoms with Gasteiger partial charge in [0.25, 0.3) is 0 Å². The number of unbranched alkanes of at least 4 members (excludes halogenated alkanes) is 1. The molecule has 0 saturated heterocycles. The van der Waals surface area contributed by atoms with Crippen molar-refractivity contribution < 1.29 is 9.47 Å². The first-order valence-electron chi connectivity index (χ1n) is 6.73. The molecule has 18 heavy (non-hydrogen) atoms. The van der Waals surface area contributed by atoms with Crippen LogP contribution in [0.15, 0.2) is 30.8 Å². The van der Waals surface area contributed by atoms with Gasteiger partial charge in [-0.25, -0.2) is 0 Å². The predicted molar refractivity (Wildman–Crippen MR) is 76.8 cm³/mol. The monoisotopic (exact) mass is 248 g/mol. The summed E-state index contributed by atoms with van der Waals surface area (Å²) < 4.78 is 10.9. The molecule has 1 aromatic carbocycles. The Labute approximate surface area is 111 Å². The molecule has 100 valence electrons. The molecule has 0 fully saturated rings. The molecular formula is C16H24O2. The summed E-state index contributed by atoms with van der Waals surface area (Å²) in [6.45, 7) is 8.90. The second kappa shape index (κ2) is 9.86. The van der Waals surface area contributed by atoms with Crippen molar-refractivity contribution in [2.24, 2.45) is 0 Å².